The molecule has 1 rings (SSSR count). The molecule has 0 unspecified atom stereocenters. The van der Waals surface area contributed by atoms with E-state index in [9.17, 15) is 14.9 Å². The van der Waals surface area contributed by atoms with Gasteiger partial charge in [-0.2, -0.15) is 15.6 Å². The van der Waals surface area contributed by atoms with E-state index in [4.69, 9.17) is 15.6 Å². The molecule has 1 aromatic rings. The lowest BCUT2D eigenvalue weighted by Gasteiger charge is -1.94. The smallest absolute Gasteiger partial charge is 0.286 e. The normalized spacial score (nSPS) is 11.3. The van der Waals surface area contributed by atoms with Gasteiger partial charge in [0.25, 0.3) is 11.5 Å². The van der Waals surface area contributed by atoms with Crippen molar-refractivity contribution < 1.29 is 14.8 Å². The van der Waals surface area contributed by atoms with Gasteiger partial charge in [-0.3, -0.25) is 14.9 Å². The van der Waals surface area contributed by atoms with Crippen LogP contribution in [0.3, 0.4) is 0 Å². The van der Waals surface area contributed by atoms with Crippen LogP contribution < -0.4 is 0 Å². The van der Waals surface area contributed by atoms with E-state index < -0.39 is 22.2 Å². The first-order chi connectivity index (χ1) is 9.49. The molecule has 0 aliphatic rings. The molecule has 20 heavy (non-hydrogen) atoms. The number of hydrogen-bond donors (Lipinski definition) is 1. The highest BCUT2D eigenvalue weighted by atomic mass is 16.6. The number of aliphatic hydroxyl groups excluding tert-OH is 1. The Labute approximate surface area is 111 Å². The van der Waals surface area contributed by atoms with Crippen molar-refractivity contribution in [2.75, 3.05) is 0 Å². The maximum absolute atomic E-state index is 11.1. The summed E-state index contributed by atoms with van der Waals surface area (Å²) < 4.78 is 0. The van der Waals surface area contributed by atoms with Gasteiger partial charge in [-0.1, -0.05) is 0 Å². The van der Waals surface area contributed by atoms with Gasteiger partial charge < -0.3 is 5.11 Å². The first-order valence-electron chi connectivity index (χ1n) is 4.93. The Hall–Kier alpha value is -3.59. The van der Waals surface area contributed by atoms with Crippen LogP contribution in [0.5, 0.6) is 0 Å². The Bertz CT molecular complexity index is 691. The first kappa shape index (κ1) is 14.5. The van der Waals surface area contributed by atoms with Gasteiger partial charge in [0.1, 0.15) is 12.1 Å². The number of Topliss-reactive ketones (excluding diaryl/α,β-unsaturated/α-hetero) is 1. The third-order valence-corrected chi connectivity index (χ3v) is 1.97. The van der Waals surface area contributed by atoms with E-state index in [1.54, 1.807) is 0 Å². The zero-order valence-corrected chi connectivity index (χ0v) is 9.72. The number of nitriles is 2. The number of nitro groups is 1. The third kappa shape index (κ3) is 3.45. The van der Waals surface area contributed by atoms with Gasteiger partial charge in [-0.05, 0) is 12.1 Å². The monoisotopic (exact) mass is 271 g/mol. The largest absolute Gasteiger partial charge is 0.498 e. The maximum Gasteiger partial charge on any atom is 0.286 e. The van der Waals surface area contributed by atoms with Crippen LogP contribution in [-0.4, -0.2) is 15.8 Å². The molecule has 0 aliphatic carbocycles. The predicted molar refractivity (Wildman–Crippen MR) is 63.5 cm³/mol. The molecule has 0 atom stereocenters. The van der Waals surface area contributed by atoms with Gasteiger partial charge in [0.2, 0.25) is 5.76 Å². The zero-order chi connectivity index (χ0) is 15.1. The summed E-state index contributed by atoms with van der Waals surface area (Å²) in [5.41, 5.74) is -0.814. The van der Waals surface area contributed by atoms with Crippen LogP contribution >= 0.6 is 0 Å². The van der Waals surface area contributed by atoms with Crippen LogP contribution in [0.15, 0.2) is 46.0 Å². The van der Waals surface area contributed by atoms with Crippen LogP contribution in [0.4, 0.5) is 11.4 Å². The Morgan fingerprint density at radius 2 is 1.85 bits per heavy atom. The maximum atomic E-state index is 11.1. The van der Waals surface area contributed by atoms with Crippen LogP contribution in [0.1, 0.15) is 0 Å². The molecule has 0 saturated heterocycles. The van der Waals surface area contributed by atoms with Crippen molar-refractivity contribution in [1.29, 1.82) is 10.5 Å². The Morgan fingerprint density at radius 1 is 1.25 bits per heavy atom. The molecule has 1 aromatic carbocycles. The average molecular weight is 271 g/mol. The standard InChI is InChI=1S/C11H5N5O4/c12-5-9(17)11(10(18)6-13)15-14-7-1-3-8(4-2-7)16(19)20/h1-4,17H/b11-9-,15-14?. The summed E-state index contributed by atoms with van der Waals surface area (Å²) in [6, 6.07) is 7.27. The van der Waals surface area contributed by atoms with Crippen LogP contribution in [0.25, 0.3) is 0 Å². The zero-order valence-electron chi connectivity index (χ0n) is 9.72. The first-order valence-corrected chi connectivity index (χ1v) is 4.93. The quantitative estimate of drug-likeness (QED) is 0.129. The second-order valence-corrected chi connectivity index (χ2v) is 3.22. The molecule has 0 bridgehead atoms. The molecule has 0 spiro atoms. The topological polar surface area (TPSA) is 153 Å². The van der Waals surface area contributed by atoms with E-state index in [0.717, 1.165) is 12.1 Å². The SMILES string of the molecule is N#CC(=O)/C(N=Nc1ccc([N+](=O)[O-])cc1)=C(/O)C#N. The summed E-state index contributed by atoms with van der Waals surface area (Å²) in [7, 11) is 0. The second kappa shape index (κ2) is 6.37. The Kier molecular flexibility index (Phi) is 4.61. The van der Waals surface area contributed by atoms with Crippen molar-refractivity contribution in [2.24, 2.45) is 10.2 Å². The number of nitrogens with zero attached hydrogens (tertiary/aromatic N) is 5. The fourth-order valence-electron chi connectivity index (χ4n) is 1.05. The molecule has 0 fully saturated rings. The molecule has 0 amide bonds. The number of ketones is 1. The van der Waals surface area contributed by atoms with E-state index in [0.29, 0.717) is 0 Å². The van der Waals surface area contributed by atoms with Gasteiger partial charge in [0.05, 0.1) is 10.6 Å². The fourth-order valence-corrected chi connectivity index (χ4v) is 1.05. The van der Waals surface area contributed by atoms with Crippen molar-refractivity contribution in [3.8, 4) is 12.1 Å². The number of benzene rings is 1. The molecule has 98 valence electrons. The Balaban J connectivity index is 3.07. The van der Waals surface area contributed by atoms with E-state index in [2.05, 4.69) is 10.2 Å². The van der Waals surface area contributed by atoms with Gasteiger partial charge >= 0.3 is 0 Å². The van der Waals surface area contributed by atoms with Crippen molar-refractivity contribution >= 4 is 17.2 Å². The highest BCUT2D eigenvalue weighted by molar-refractivity contribution is 6.07. The molecule has 9 heteroatoms. The second-order valence-electron chi connectivity index (χ2n) is 3.22. The van der Waals surface area contributed by atoms with Gasteiger partial charge in [0.15, 0.2) is 5.70 Å². The molecule has 0 heterocycles. The minimum absolute atomic E-state index is 0.143. The predicted octanol–water partition coefficient (Wildman–Crippen LogP) is 2.06. The minimum atomic E-state index is -1.23. The van der Waals surface area contributed by atoms with E-state index in [1.807, 2.05) is 0 Å². The number of azo groups is 1. The molecular weight excluding hydrogens is 266 g/mol. The third-order valence-electron chi connectivity index (χ3n) is 1.97. The van der Waals surface area contributed by atoms with Gasteiger partial charge in [-0.25, -0.2) is 0 Å². The minimum Gasteiger partial charge on any atom is -0.498 e. The number of carbonyl (C=O) groups excluding carboxylic acids is 1. The van der Waals surface area contributed by atoms with Crippen LogP contribution in [0.2, 0.25) is 0 Å². The van der Waals surface area contributed by atoms with Crippen molar-refractivity contribution in [2.45, 2.75) is 0 Å². The average Bonchev–Trinajstić information content (AvgIpc) is 2.47. The number of nitro benzene ring substituents is 1. The molecule has 0 aliphatic heterocycles. The number of aliphatic hydroxyl groups is 1. The van der Waals surface area contributed by atoms with E-state index in [-0.39, 0.29) is 11.4 Å². The lowest BCUT2D eigenvalue weighted by molar-refractivity contribution is -0.384. The summed E-state index contributed by atoms with van der Waals surface area (Å²) in [5.74, 6) is -2.27. The van der Waals surface area contributed by atoms with Gasteiger partial charge in [-0.15, -0.1) is 5.11 Å². The highest BCUT2D eigenvalue weighted by Crippen LogP contribution is 2.19. The molecular formula is C11H5N5O4. The van der Waals surface area contributed by atoms with Gasteiger partial charge in [0, 0.05) is 12.1 Å². The molecule has 9 nitrogen and oxygen atoms in total. The number of allylic oxidation sites excluding steroid dienone is 2. The lowest BCUT2D eigenvalue weighted by Crippen LogP contribution is -1.99. The lowest BCUT2D eigenvalue weighted by atomic mass is 10.3. The Morgan fingerprint density at radius 3 is 2.30 bits per heavy atom. The van der Waals surface area contributed by atoms with Crippen molar-refractivity contribution in [1.82, 2.24) is 0 Å². The van der Waals surface area contributed by atoms with E-state index in [1.165, 1.54) is 24.3 Å². The summed E-state index contributed by atoms with van der Waals surface area (Å²) in [6.45, 7) is 0. The van der Waals surface area contributed by atoms with E-state index >= 15 is 0 Å². The summed E-state index contributed by atoms with van der Waals surface area (Å²) in [5, 5.41) is 43.2. The number of non-ortho nitro benzene ring substituents is 1. The molecule has 1 N–H and O–H groups in total. The number of hydrogen-bond acceptors (Lipinski definition) is 8. The van der Waals surface area contributed by atoms with Crippen LogP contribution in [0, 0.1) is 32.8 Å². The number of carbonyl (C=O) groups is 1. The highest BCUT2D eigenvalue weighted by Gasteiger charge is 2.14. The number of rotatable bonds is 4. The molecule has 0 aromatic heterocycles. The molecule has 0 saturated carbocycles. The summed E-state index contributed by atoms with van der Waals surface area (Å²) >= 11 is 0. The summed E-state index contributed by atoms with van der Waals surface area (Å²) in [6.07, 6.45) is 0. The van der Waals surface area contributed by atoms with Crippen LogP contribution in [-0.2, 0) is 4.79 Å². The van der Waals surface area contributed by atoms with Crippen molar-refractivity contribution in [3.05, 3.63) is 45.8 Å². The van der Waals surface area contributed by atoms with Crippen molar-refractivity contribution in [3.63, 3.8) is 0 Å². The molecule has 0 radical (unpaired) electrons. The summed E-state index contributed by atoms with van der Waals surface area (Å²) in [4.78, 5) is 20.9. The fraction of sp³-hybridized carbons (Fsp3) is 0.